The summed E-state index contributed by atoms with van der Waals surface area (Å²) in [6.07, 6.45) is 8.69. The van der Waals surface area contributed by atoms with Crippen molar-refractivity contribution in [3.05, 3.63) is 241 Å². The monoisotopic (exact) mass is 692 g/mol. The van der Waals surface area contributed by atoms with Gasteiger partial charge in [-0.3, -0.25) is 0 Å². The van der Waals surface area contributed by atoms with Crippen molar-refractivity contribution in [3.8, 4) is 11.1 Å². The summed E-state index contributed by atoms with van der Waals surface area (Å²) in [6.45, 7) is 0. The van der Waals surface area contributed by atoms with E-state index in [4.69, 9.17) is 0 Å². The summed E-state index contributed by atoms with van der Waals surface area (Å²) in [5, 5.41) is 0. The standard InChI is InChI=1S/C52H40N2/c1-5-13-47(14-6-1)53(48-15-7-2-8-16-48)51-37-29-43(30-38-51)23-21-41-25-33-45(34-26-41)46-35-27-42(28-36-46)22-24-44-31-39-52(40-32-44)54(49-17-9-3-10-18-49)50-19-11-4-12-20-50/h1-40H/b23-21+,24-22+. The molecule has 8 aromatic rings. The number of rotatable bonds is 11. The van der Waals surface area contributed by atoms with Crippen molar-refractivity contribution in [1.82, 2.24) is 0 Å². The van der Waals surface area contributed by atoms with Crippen molar-refractivity contribution >= 4 is 58.4 Å². The highest BCUT2D eigenvalue weighted by molar-refractivity contribution is 5.80. The third-order valence-electron chi connectivity index (χ3n) is 9.45. The number of nitrogens with zero attached hydrogens (tertiary/aromatic N) is 2. The Bertz CT molecular complexity index is 2160. The minimum atomic E-state index is 1.12. The van der Waals surface area contributed by atoms with E-state index in [1.807, 2.05) is 0 Å². The van der Waals surface area contributed by atoms with E-state index < -0.39 is 0 Å². The first-order valence-corrected chi connectivity index (χ1v) is 18.3. The van der Waals surface area contributed by atoms with Crippen molar-refractivity contribution in [1.29, 1.82) is 0 Å². The number of para-hydroxylation sites is 4. The molecule has 0 aliphatic heterocycles. The lowest BCUT2D eigenvalue weighted by atomic mass is 10.0. The van der Waals surface area contributed by atoms with Gasteiger partial charge in [0.1, 0.15) is 0 Å². The summed E-state index contributed by atoms with van der Waals surface area (Å²) >= 11 is 0. The molecule has 2 heteroatoms. The Morgan fingerprint density at radius 2 is 0.407 bits per heavy atom. The topological polar surface area (TPSA) is 6.48 Å². The zero-order valence-electron chi connectivity index (χ0n) is 30.0. The second-order valence-electron chi connectivity index (χ2n) is 13.1. The molecule has 0 N–H and O–H groups in total. The molecule has 0 saturated carbocycles. The highest BCUT2D eigenvalue weighted by atomic mass is 15.1. The predicted octanol–water partition coefficient (Wildman–Crippen LogP) is 14.6. The molecule has 0 aliphatic rings. The van der Waals surface area contributed by atoms with Gasteiger partial charge in [0.05, 0.1) is 0 Å². The van der Waals surface area contributed by atoms with Gasteiger partial charge in [0, 0.05) is 34.1 Å². The van der Waals surface area contributed by atoms with Crippen molar-refractivity contribution in [2.24, 2.45) is 0 Å². The van der Waals surface area contributed by atoms with Crippen molar-refractivity contribution in [2.75, 3.05) is 9.80 Å². The Labute approximate surface area is 318 Å². The van der Waals surface area contributed by atoms with Crippen LogP contribution in [0.1, 0.15) is 22.3 Å². The van der Waals surface area contributed by atoms with Gasteiger partial charge in [-0.25, -0.2) is 0 Å². The van der Waals surface area contributed by atoms with Gasteiger partial charge in [-0.05, 0) is 106 Å². The molecular formula is C52H40N2. The maximum Gasteiger partial charge on any atom is 0.0462 e. The fourth-order valence-electron chi connectivity index (χ4n) is 6.63. The second kappa shape index (κ2) is 16.5. The van der Waals surface area contributed by atoms with Crippen molar-refractivity contribution in [3.63, 3.8) is 0 Å². The Morgan fingerprint density at radius 3 is 0.648 bits per heavy atom. The molecule has 0 atom stereocenters. The third-order valence-corrected chi connectivity index (χ3v) is 9.45. The number of benzene rings is 8. The van der Waals surface area contributed by atoms with Crippen LogP contribution in [0.3, 0.4) is 0 Å². The number of hydrogen-bond donors (Lipinski definition) is 0. The van der Waals surface area contributed by atoms with Crippen LogP contribution >= 0.6 is 0 Å². The average molecular weight is 693 g/mol. The van der Waals surface area contributed by atoms with Crippen molar-refractivity contribution in [2.45, 2.75) is 0 Å². The summed E-state index contributed by atoms with van der Waals surface area (Å²) in [7, 11) is 0. The molecule has 0 heterocycles. The normalized spacial score (nSPS) is 11.2. The molecule has 0 aromatic heterocycles. The lowest BCUT2D eigenvalue weighted by Crippen LogP contribution is -2.09. The van der Waals surface area contributed by atoms with Crippen molar-refractivity contribution < 1.29 is 0 Å². The van der Waals surface area contributed by atoms with Gasteiger partial charge < -0.3 is 9.80 Å². The van der Waals surface area contributed by atoms with Gasteiger partial charge in [0.25, 0.3) is 0 Å². The Morgan fingerprint density at radius 1 is 0.204 bits per heavy atom. The maximum absolute atomic E-state index is 2.28. The largest absolute Gasteiger partial charge is 0.311 e. The Balaban J connectivity index is 0.904. The van der Waals surface area contributed by atoms with E-state index in [0.29, 0.717) is 0 Å². The van der Waals surface area contributed by atoms with Gasteiger partial charge in [-0.1, -0.05) is 170 Å². The van der Waals surface area contributed by atoms with Crippen LogP contribution < -0.4 is 9.80 Å². The first-order valence-electron chi connectivity index (χ1n) is 18.3. The molecule has 8 aromatic carbocycles. The SMILES string of the molecule is C(=C\c1ccc(N(c2ccccc2)c2ccccc2)cc1)/c1ccc(-c2ccc(/C=C/c3ccc(N(c4ccccc4)c4ccccc4)cc3)cc2)cc1. The zero-order chi connectivity index (χ0) is 36.4. The van der Waals surface area contributed by atoms with E-state index in [0.717, 1.165) is 45.3 Å². The molecule has 0 spiro atoms. The van der Waals surface area contributed by atoms with Crippen LogP contribution in [0.2, 0.25) is 0 Å². The van der Waals surface area contributed by atoms with Gasteiger partial charge in [-0.2, -0.15) is 0 Å². The maximum atomic E-state index is 2.28. The summed E-state index contributed by atoms with van der Waals surface area (Å²) in [6, 6.07) is 76.9. The third kappa shape index (κ3) is 8.15. The molecule has 0 unspecified atom stereocenters. The lowest BCUT2D eigenvalue weighted by molar-refractivity contribution is 1.28. The molecule has 258 valence electrons. The average Bonchev–Trinajstić information content (AvgIpc) is 3.25. The highest BCUT2D eigenvalue weighted by Crippen LogP contribution is 2.36. The molecule has 0 saturated heterocycles. The minimum absolute atomic E-state index is 1.12. The molecular weight excluding hydrogens is 653 g/mol. The molecule has 0 aliphatic carbocycles. The van der Waals surface area contributed by atoms with Crippen LogP contribution in [-0.4, -0.2) is 0 Å². The zero-order valence-corrected chi connectivity index (χ0v) is 30.0. The van der Waals surface area contributed by atoms with Crippen LogP contribution in [-0.2, 0) is 0 Å². The van der Waals surface area contributed by atoms with Crippen LogP contribution in [0, 0.1) is 0 Å². The molecule has 8 rings (SSSR count). The summed E-state index contributed by atoms with van der Waals surface area (Å²) < 4.78 is 0. The fourth-order valence-corrected chi connectivity index (χ4v) is 6.63. The first-order chi connectivity index (χ1) is 26.8. The van der Waals surface area contributed by atoms with Gasteiger partial charge in [0.15, 0.2) is 0 Å². The molecule has 0 radical (unpaired) electrons. The van der Waals surface area contributed by atoms with Gasteiger partial charge >= 0.3 is 0 Å². The number of anilines is 6. The smallest absolute Gasteiger partial charge is 0.0462 e. The Hall–Kier alpha value is -7.16. The van der Waals surface area contributed by atoms with Gasteiger partial charge in [0.2, 0.25) is 0 Å². The second-order valence-corrected chi connectivity index (χ2v) is 13.1. The predicted molar refractivity (Wildman–Crippen MR) is 232 cm³/mol. The van der Waals surface area contributed by atoms with E-state index in [-0.39, 0.29) is 0 Å². The van der Waals surface area contributed by atoms with Crippen LogP contribution in [0.5, 0.6) is 0 Å². The lowest BCUT2D eigenvalue weighted by Gasteiger charge is -2.25. The number of hydrogen-bond acceptors (Lipinski definition) is 2. The van der Waals surface area contributed by atoms with Crippen LogP contribution in [0.25, 0.3) is 35.4 Å². The van der Waals surface area contributed by atoms with E-state index in [1.165, 1.54) is 22.3 Å². The van der Waals surface area contributed by atoms with Gasteiger partial charge in [-0.15, -0.1) is 0 Å². The molecule has 2 nitrogen and oxygen atoms in total. The van der Waals surface area contributed by atoms with E-state index in [1.54, 1.807) is 0 Å². The van der Waals surface area contributed by atoms with E-state index >= 15 is 0 Å². The molecule has 0 bridgehead atoms. The van der Waals surface area contributed by atoms with Crippen LogP contribution in [0.15, 0.2) is 218 Å². The summed E-state index contributed by atoms with van der Waals surface area (Å²) in [5.74, 6) is 0. The minimum Gasteiger partial charge on any atom is -0.311 e. The summed E-state index contributed by atoms with van der Waals surface area (Å²) in [5.41, 5.74) is 13.8. The fraction of sp³-hybridized carbons (Fsp3) is 0. The highest BCUT2D eigenvalue weighted by Gasteiger charge is 2.12. The first kappa shape index (κ1) is 34.0. The quantitative estimate of drug-likeness (QED) is 0.125. The van der Waals surface area contributed by atoms with E-state index in [9.17, 15) is 0 Å². The van der Waals surface area contributed by atoms with Crippen LogP contribution in [0.4, 0.5) is 34.1 Å². The molecule has 0 fully saturated rings. The molecule has 0 amide bonds. The molecule has 54 heavy (non-hydrogen) atoms. The Kier molecular flexibility index (Phi) is 10.3. The van der Waals surface area contributed by atoms with E-state index in [2.05, 4.69) is 252 Å². The summed E-state index contributed by atoms with van der Waals surface area (Å²) in [4.78, 5) is 4.56.